The summed E-state index contributed by atoms with van der Waals surface area (Å²) in [6.45, 7) is 2.97. The molecule has 1 N–H and O–H groups in total. The number of nitro groups is 1. The first-order valence-electron chi connectivity index (χ1n) is 7.83. The van der Waals surface area contributed by atoms with Crippen LogP contribution in [0.25, 0.3) is 0 Å². The van der Waals surface area contributed by atoms with Gasteiger partial charge in [-0.3, -0.25) is 14.9 Å². The Morgan fingerprint density at radius 3 is 2.62 bits per heavy atom. The van der Waals surface area contributed by atoms with E-state index in [1.54, 1.807) is 12.1 Å². The summed E-state index contributed by atoms with van der Waals surface area (Å²) in [6.07, 6.45) is 0. The summed E-state index contributed by atoms with van der Waals surface area (Å²) in [6, 6.07) is 9.45. The van der Waals surface area contributed by atoms with Crippen LogP contribution in [0.4, 0.5) is 17.1 Å². The van der Waals surface area contributed by atoms with Crippen molar-refractivity contribution in [3.63, 3.8) is 0 Å². The summed E-state index contributed by atoms with van der Waals surface area (Å²) in [4.78, 5) is 24.9. The zero-order valence-electron chi connectivity index (χ0n) is 13.6. The average molecular weight is 441 g/mol. The quantitative estimate of drug-likeness (QED) is 0.571. The Morgan fingerprint density at radius 2 is 1.96 bits per heavy atom. The van der Waals surface area contributed by atoms with Crippen molar-refractivity contribution in [3.8, 4) is 0 Å². The van der Waals surface area contributed by atoms with Gasteiger partial charge in [0.1, 0.15) is 5.02 Å². The Kier molecular flexibility index (Phi) is 5.75. The number of halogens is 2. The summed E-state index contributed by atoms with van der Waals surface area (Å²) >= 11 is 9.30. The van der Waals surface area contributed by atoms with Gasteiger partial charge < -0.3 is 15.0 Å². The number of amides is 1. The molecule has 0 aromatic heterocycles. The molecule has 1 aliphatic rings. The van der Waals surface area contributed by atoms with Crippen molar-refractivity contribution in [1.29, 1.82) is 0 Å². The van der Waals surface area contributed by atoms with Gasteiger partial charge in [0.15, 0.2) is 0 Å². The van der Waals surface area contributed by atoms with E-state index in [2.05, 4.69) is 26.1 Å². The standard InChI is InChI=1S/C17H15BrClN3O4/c18-13-10-12(2-4-15(13)21-5-7-26-8-6-21)20-17(23)11-1-3-14(19)16(9-11)22(24)25/h1-4,9-10H,5-8H2,(H,20,23). The summed E-state index contributed by atoms with van der Waals surface area (Å²) in [7, 11) is 0. The molecule has 9 heteroatoms. The van der Waals surface area contributed by atoms with Crippen molar-refractivity contribution in [3.05, 3.63) is 61.6 Å². The molecule has 2 aromatic rings. The Labute approximate surface area is 163 Å². The number of rotatable bonds is 4. The third kappa shape index (κ3) is 4.14. The number of ether oxygens (including phenoxy) is 1. The number of nitrogens with one attached hydrogen (secondary N) is 1. The van der Waals surface area contributed by atoms with Crippen LogP contribution in [0.3, 0.4) is 0 Å². The second kappa shape index (κ2) is 8.03. The maximum atomic E-state index is 12.4. The van der Waals surface area contributed by atoms with Crippen molar-refractivity contribution in [1.82, 2.24) is 0 Å². The Bertz CT molecular complexity index is 856. The number of anilines is 2. The SMILES string of the molecule is O=C(Nc1ccc(N2CCOCC2)c(Br)c1)c1ccc(Cl)c([N+](=O)[O-])c1. The highest BCUT2D eigenvalue weighted by atomic mass is 79.9. The van der Waals surface area contributed by atoms with Crippen molar-refractivity contribution < 1.29 is 14.5 Å². The lowest BCUT2D eigenvalue weighted by atomic mass is 10.1. The molecule has 0 radical (unpaired) electrons. The lowest BCUT2D eigenvalue weighted by Gasteiger charge is -2.29. The maximum absolute atomic E-state index is 12.4. The average Bonchev–Trinajstić information content (AvgIpc) is 2.62. The fourth-order valence-electron chi connectivity index (χ4n) is 2.64. The fourth-order valence-corrected chi connectivity index (χ4v) is 3.46. The van der Waals surface area contributed by atoms with Crippen LogP contribution in [0.15, 0.2) is 40.9 Å². The minimum Gasteiger partial charge on any atom is -0.378 e. The number of hydrogen-bond acceptors (Lipinski definition) is 5. The predicted molar refractivity (Wildman–Crippen MR) is 103 cm³/mol. The first-order valence-corrected chi connectivity index (χ1v) is 9.00. The topological polar surface area (TPSA) is 84.7 Å². The van der Waals surface area contributed by atoms with Crippen LogP contribution in [-0.2, 0) is 4.74 Å². The van der Waals surface area contributed by atoms with E-state index in [9.17, 15) is 14.9 Å². The molecule has 1 fully saturated rings. The van der Waals surface area contributed by atoms with Crippen LogP contribution >= 0.6 is 27.5 Å². The zero-order valence-corrected chi connectivity index (χ0v) is 15.9. The molecule has 2 aromatic carbocycles. The first-order chi connectivity index (χ1) is 12.5. The lowest BCUT2D eigenvalue weighted by molar-refractivity contribution is -0.384. The monoisotopic (exact) mass is 439 g/mol. The molecule has 136 valence electrons. The summed E-state index contributed by atoms with van der Waals surface area (Å²) in [5.74, 6) is -0.448. The second-order valence-electron chi connectivity index (χ2n) is 5.64. The van der Waals surface area contributed by atoms with Gasteiger partial charge in [-0.2, -0.15) is 0 Å². The van der Waals surface area contributed by atoms with Crippen molar-refractivity contribution >= 4 is 50.5 Å². The first kappa shape index (κ1) is 18.6. The number of benzene rings is 2. The number of carbonyl (C=O) groups is 1. The second-order valence-corrected chi connectivity index (χ2v) is 6.90. The van der Waals surface area contributed by atoms with E-state index in [1.807, 2.05) is 6.07 Å². The molecular weight excluding hydrogens is 426 g/mol. The molecule has 3 rings (SSSR count). The number of nitro benzene ring substituents is 1. The van der Waals surface area contributed by atoms with Crippen molar-refractivity contribution in [2.24, 2.45) is 0 Å². The molecule has 0 atom stereocenters. The van der Waals surface area contributed by atoms with Crippen LogP contribution in [0.2, 0.25) is 5.02 Å². The van der Waals surface area contributed by atoms with E-state index in [0.717, 1.165) is 29.3 Å². The van der Waals surface area contributed by atoms with Crippen LogP contribution in [0.5, 0.6) is 0 Å². The molecule has 0 unspecified atom stereocenters. The van der Waals surface area contributed by atoms with E-state index < -0.39 is 10.8 Å². The summed E-state index contributed by atoms with van der Waals surface area (Å²) < 4.78 is 6.20. The Morgan fingerprint density at radius 1 is 1.23 bits per heavy atom. The van der Waals surface area contributed by atoms with E-state index in [-0.39, 0.29) is 16.3 Å². The molecular formula is C17H15BrClN3O4. The molecule has 7 nitrogen and oxygen atoms in total. The van der Waals surface area contributed by atoms with E-state index in [4.69, 9.17) is 16.3 Å². The third-order valence-electron chi connectivity index (χ3n) is 3.96. The van der Waals surface area contributed by atoms with Gasteiger partial charge in [-0.05, 0) is 46.3 Å². The van der Waals surface area contributed by atoms with E-state index in [1.165, 1.54) is 12.1 Å². The predicted octanol–water partition coefficient (Wildman–Crippen LogP) is 4.10. The molecule has 0 spiro atoms. The maximum Gasteiger partial charge on any atom is 0.288 e. The van der Waals surface area contributed by atoms with Crippen LogP contribution in [0.1, 0.15) is 10.4 Å². The minimum atomic E-state index is -0.618. The highest BCUT2D eigenvalue weighted by Gasteiger charge is 2.18. The van der Waals surface area contributed by atoms with Crippen LogP contribution in [0, 0.1) is 10.1 Å². The smallest absolute Gasteiger partial charge is 0.288 e. The van der Waals surface area contributed by atoms with E-state index >= 15 is 0 Å². The molecule has 1 aliphatic heterocycles. The molecule has 1 heterocycles. The molecule has 0 aliphatic carbocycles. The number of morpholine rings is 1. The molecule has 26 heavy (non-hydrogen) atoms. The van der Waals surface area contributed by atoms with Crippen molar-refractivity contribution in [2.45, 2.75) is 0 Å². The zero-order chi connectivity index (χ0) is 18.7. The molecule has 1 amide bonds. The summed E-state index contributed by atoms with van der Waals surface area (Å²) in [5.41, 5.74) is 1.46. The van der Waals surface area contributed by atoms with Gasteiger partial charge >= 0.3 is 0 Å². The molecule has 0 saturated carbocycles. The van der Waals surface area contributed by atoms with Gasteiger partial charge in [0.25, 0.3) is 11.6 Å². The number of hydrogen-bond donors (Lipinski definition) is 1. The minimum absolute atomic E-state index is 0.0100. The van der Waals surface area contributed by atoms with Gasteiger partial charge in [-0.15, -0.1) is 0 Å². The van der Waals surface area contributed by atoms with Gasteiger partial charge in [0.2, 0.25) is 0 Å². The van der Waals surface area contributed by atoms with E-state index in [0.29, 0.717) is 18.9 Å². The number of carbonyl (C=O) groups excluding carboxylic acids is 1. The Balaban J connectivity index is 1.76. The summed E-state index contributed by atoms with van der Waals surface area (Å²) in [5, 5.41) is 13.7. The molecule has 0 bridgehead atoms. The van der Waals surface area contributed by atoms with Crippen LogP contribution in [-0.4, -0.2) is 37.1 Å². The van der Waals surface area contributed by atoms with Crippen molar-refractivity contribution in [2.75, 3.05) is 36.5 Å². The van der Waals surface area contributed by atoms with Gasteiger partial charge in [-0.25, -0.2) is 0 Å². The fraction of sp³-hybridized carbons (Fsp3) is 0.235. The van der Waals surface area contributed by atoms with Gasteiger partial charge in [0, 0.05) is 34.9 Å². The normalized spacial score (nSPS) is 14.2. The van der Waals surface area contributed by atoms with Crippen LogP contribution < -0.4 is 10.2 Å². The van der Waals surface area contributed by atoms with Gasteiger partial charge in [-0.1, -0.05) is 11.6 Å². The highest BCUT2D eigenvalue weighted by molar-refractivity contribution is 9.10. The van der Waals surface area contributed by atoms with Gasteiger partial charge in [0.05, 0.1) is 23.8 Å². The lowest BCUT2D eigenvalue weighted by Crippen LogP contribution is -2.36. The Hall–Kier alpha value is -2.16. The highest BCUT2D eigenvalue weighted by Crippen LogP contribution is 2.30. The number of nitrogens with zero attached hydrogens (tertiary/aromatic N) is 2. The third-order valence-corrected chi connectivity index (χ3v) is 4.92. The largest absolute Gasteiger partial charge is 0.378 e. The molecule has 1 saturated heterocycles.